The van der Waals surface area contributed by atoms with Crippen LogP contribution in [0, 0.1) is 11.8 Å². The topological polar surface area (TPSA) is 87.2 Å². The Hall–Kier alpha value is -2.03. The Labute approximate surface area is 209 Å². The van der Waals surface area contributed by atoms with E-state index in [-0.39, 0.29) is 44.1 Å². The van der Waals surface area contributed by atoms with E-state index in [0.717, 1.165) is 6.42 Å². The molecule has 3 heterocycles. The summed E-state index contributed by atoms with van der Waals surface area (Å²) in [6, 6.07) is 6.24. The number of esters is 1. The fourth-order valence-electron chi connectivity index (χ4n) is 6.00. The van der Waals surface area contributed by atoms with E-state index in [4.69, 9.17) is 16.3 Å². The summed E-state index contributed by atoms with van der Waals surface area (Å²) in [5, 5.41) is 10.0. The summed E-state index contributed by atoms with van der Waals surface area (Å²) < 4.78 is 4.21. The number of hydrogen-bond acceptors (Lipinski definition) is 6. The fraction of sp³-hybridized carbons (Fsp3) is 0.560. The Kier molecular flexibility index (Phi) is 7.04. The van der Waals surface area contributed by atoms with Crippen molar-refractivity contribution in [2.45, 2.75) is 48.6 Å². The van der Waals surface area contributed by atoms with Crippen LogP contribution in [0.1, 0.15) is 33.1 Å². The number of amides is 2. The van der Waals surface area contributed by atoms with Gasteiger partial charge in [0, 0.05) is 35.2 Å². The highest BCUT2D eigenvalue weighted by atomic mass is 35.5. The van der Waals surface area contributed by atoms with E-state index in [1.165, 1.54) is 0 Å². The standard InChI is InChI=1S/C25H31ClN2O5S/c1-4-13-27(17-9-7-16(26)8-10-17)22(31)20-25-12-11-24(3,34-25)19(23(32)33-5-2)18(25)21(30)28(20)14-6-15-29/h4,7-10,18-20,29H,1,5-6,11-15H2,2-3H3/t18-,19+,20?,24-,25?/m0/s1. The second-order valence-electron chi connectivity index (χ2n) is 9.30. The van der Waals surface area contributed by atoms with E-state index < -0.39 is 27.4 Å². The van der Waals surface area contributed by atoms with Crippen molar-refractivity contribution in [1.29, 1.82) is 0 Å². The molecule has 0 saturated carbocycles. The molecule has 3 fully saturated rings. The number of carbonyl (C=O) groups excluding carboxylic acids is 3. The van der Waals surface area contributed by atoms with Gasteiger partial charge in [0.25, 0.3) is 5.91 Å². The van der Waals surface area contributed by atoms with Crippen molar-refractivity contribution >= 4 is 46.8 Å². The first-order chi connectivity index (χ1) is 16.2. The molecule has 2 bridgehead atoms. The number of thioether (sulfide) groups is 1. The number of benzene rings is 1. The maximum Gasteiger partial charge on any atom is 0.311 e. The van der Waals surface area contributed by atoms with Crippen LogP contribution in [-0.4, -0.2) is 69.6 Å². The molecule has 1 spiro atoms. The number of fused-ring (bicyclic) bond motifs is 1. The number of nitrogens with zero attached hydrogens (tertiary/aromatic N) is 2. The smallest absolute Gasteiger partial charge is 0.311 e. The van der Waals surface area contributed by atoms with Gasteiger partial charge < -0.3 is 19.6 Å². The van der Waals surface area contributed by atoms with Crippen molar-refractivity contribution in [3.63, 3.8) is 0 Å². The van der Waals surface area contributed by atoms with Crippen LogP contribution in [0.15, 0.2) is 36.9 Å². The summed E-state index contributed by atoms with van der Waals surface area (Å²) in [4.78, 5) is 44.3. The van der Waals surface area contributed by atoms with Crippen LogP contribution in [-0.2, 0) is 19.1 Å². The highest BCUT2D eigenvalue weighted by Crippen LogP contribution is 2.71. The van der Waals surface area contributed by atoms with Gasteiger partial charge in [-0.05, 0) is 57.4 Å². The number of anilines is 1. The quantitative estimate of drug-likeness (QED) is 0.408. The summed E-state index contributed by atoms with van der Waals surface area (Å²) in [5.74, 6) is -2.00. The molecule has 1 aromatic rings. The van der Waals surface area contributed by atoms with Gasteiger partial charge in [-0.3, -0.25) is 14.4 Å². The van der Waals surface area contributed by atoms with Crippen molar-refractivity contribution < 1.29 is 24.2 Å². The summed E-state index contributed by atoms with van der Waals surface area (Å²) in [7, 11) is 0. The van der Waals surface area contributed by atoms with Gasteiger partial charge in [0.2, 0.25) is 5.91 Å². The summed E-state index contributed by atoms with van der Waals surface area (Å²) in [5.41, 5.74) is 0.661. The van der Waals surface area contributed by atoms with Gasteiger partial charge in [-0.15, -0.1) is 18.3 Å². The SMILES string of the molecule is C=CCN(C(=O)C1N(CCCO)C(=O)[C@@H]2[C@H](C(=O)OCC)[C@]3(C)CCC12S3)c1ccc(Cl)cc1. The first kappa shape index (κ1) is 25.1. The number of aliphatic hydroxyl groups is 1. The molecule has 2 amide bonds. The molecule has 5 atom stereocenters. The van der Waals surface area contributed by atoms with Crippen LogP contribution in [0.25, 0.3) is 0 Å². The lowest BCUT2D eigenvalue weighted by molar-refractivity contribution is -0.155. The Morgan fingerprint density at radius 2 is 2.06 bits per heavy atom. The van der Waals surface area contributed by atoms with Crippen molar-refractivity contribution in [3.05, 3.63) is 41.9 Å². The minimum atomic E-state index is -0.751. The minimum absolute atomic E-state index is 0.0952. The Morgan fingerprint density at radius 1 is 1.35 bits per heavy atom. The number of rotatable bonds is 9. The molecular formula is C25H31ClN2O5S. The molecule has 9 heteroatoms. The zero-order valence-electron chi connectivity index (χ0n) is 19.5. The van der Waals surface area contributed by atoms with Crippen LogP contribution >= 0.6 is 23.4 Å². The molecular weight excluding hydrogens is 476 g/mol. The molecule has 3 aliphatic rings. The van der Waals surface area contributed by atoms with Gasteiger partial charge in [0.1, 0.15) is 6.04 Å². The zero-order valence-corrected chi connectivity index (χ0v) is 21.1. The third kappa shape index (κ3) is 3.84. The molecule has 34 heavy (non-hydrogen) atoms. The molecule has 2 unspecified atom stereocenters. The lowest BCUT2D eigenvalue weighted by atomic mass is 9.66. The van der Waals surface area contributed by atoms with Crippen molar-refractivity contribution in [2.75, 3.05) is 31.2 Å². The monoisotopic (exact) mass is 506 g/mol. The predicted molar refractivity (Wildman–Crippen MR) is 133 cm³/mol. The Bertz CT molecular complexity index is 988. The highest BCUT2D eigenvalue weighted by Gasteiger charge is 2.77. The van der Waals surface area contributed by atoms with Gasteiger partial charge >= 0.3 is 5.97 Å². The molecule has 1 N–H and O–H groups in total. The van der Waals surface area contributed by atoms with Crippen molar-refractivity contribution in [2.24, 2.45) is 11.8 Å². The number of carbonyl (C=O) groups is 3. The molecule has 184 valence electrons. The largest absolute Gasteiger partial charge is 0.466 e. The average molecular weight is 507 g/mol. The summed E-state index contributed by atoms with van der Waals surface area (Å²) in [6.45, 7) is 8.25. The lowest BCUT2D eigenvalue weighted by Crippen LogP contribution is -2.55. The maximum atomic E-state index is 14.2. The zero-order chi connectivity index (χ0) is 24.7. The average Bonchev–Trinajstić information content (AvgIpc) is 3.37. The molecule has 0 aliphatic carbocycles. The molecule has 0 radical (unpaired) electrons. The molecule has 4 rings (SSSR count). The molecule has 7 nitrogen and oxygen atoms in total. The fourth-order valence-corrected chi connectivity index (χ4v) is 8.46. The van der Waals surface area contributed by atoms with E-state index in [9.17, 15) is 19.5 Å². The van der Waals surface area contributed by atoms with Crippen LogP contribution in [0.4, 0.5) is 5.69 Å². The van der Waals surface area contributed by atoms with Crippen LogP contribution in [0.5, 0.6) is 0 Å². The first-order valence-electron chi connectivity index (χ1n) is 11.7. The lowest BCUT2D eigenvalue weighted by Gasteiger charge is -2.37. The van der Waals surface area contributed by atoms with Crippen LogP contribution in [0.3, 0.4) is 0 Å². The van der Waals surface area contributed by atoms with Crippen molar-refractivity contribution in [3.8, 4) is 0 Å². The number of likely N-dealkylation sites (tertiary alicyclic amines) is 1. The van der Waals surface area contributed by atoms with Gasteiger partial charge in [0.05, 0.1) is 23.2 Å². The second kappa shape index (κ2) is 9.55. The van der Waals surface area contributed by atoms with Crippen molar-refractivity contribution in [1.82, 2.24) is 4.90 Å². The van der Waals surface area contributed by atoms with E-state index >= 15 is 0 Å². The Morgan fingerprint density at radius 3 is 2.68 bits per heavy atom. The van der Waals surface area contributed by atoms with E-state index in [0.29, 0.717) is 23.6 Å². The molecule has 3 saturated heterocycles. The summed E-state index contributed by atoms with van der Waals surface area (Å²) in [6.07, 6.45) is 3.39. The number of aliphatic hydroxyl groups excluding tert-OH is 1. The first-order valence-corrected chi connectivity index (χ1v) is 12.9. The number of ether oxygens (including phenoxy) is 1. The normalized spacial score (nSPS) is 31.5. The van der Waals surface area contributed by atoms with Crippen LogP contribution in [0.2, 0.25) is 5.02 Å². The van der Waals surface area contributed by atoms with Gasteiger partial charge in [-0.1, -0.05) is 17.7 Å². The molecule has 1 aromatic carbocycles. The van der Waals surface area contributed by atoms with Gasteiger partial charge in [-0.25, -0.2) is 0 Å². The highest BCUT2D eigenvalue weighted by molar-refractivity contribution is 8.02. The Balaban J connectivity index is 1.78. The van der Waals surface area contributed by atoms with E-state index in [2.05, 4.69) is 6.58 Å². The number of halogens is 1. The van der Waals surface area contributed by atoms with Gasteiger partial charge in [0.15, 0.2) is 0 Å². The third-order valence-corrected chi connectivity index (χ3v) is 9.56. The summed E-state index contributed by atoms with van der Waals surface area (Å²) >= 11 is 7.67. The predicted octanol–water partition coefficient (Wildman–Crippen LogP) is 3.29. The third-order valence-electron chi connectivity index (χ3n) is 7.32. The van der Waals surface area contributed by atoms with Gasteiger partial charge in [-0.2, -0.15) is 0 Å². The van der Waals surface area contributed by atoms with Crippen LogP contribution < -0.4 is 4.90 Å². The molecule has 0 aromatic heterocycles. The van der Waals surface area contributed by atoms with E-state index in [1.54, 1.807) is 58.8 Å². The number of hydrogen-bond donors (Lipinski definition) is 1. The minimum Gasteiger partial charge on any atom is -0.466 e. The molecule has 3 aliphatic heterocycles. The second-order valence-corrected chi connectivity index (χ2v) is 11.6. The maximum absolute atomic E-state index is 14.2. The van der Waals surface area contributed by atoms with E-state index in [1.807, 2.05) is 6.92 Å².